The SMILES string of the molecule is COc1ccc(S(=O)(=O)N(Cc2ccccc2)c2ccccc2C(=O)NCCOc2cccc3ccccc23)cc1. The normalized spacial score (nSPS) is 11.1. The second-order valence-electron chi connectivity index (χ2n) is 9.27. The number of rotatable bonds is 11. The number of ether oxygens (including phenoxy) is 2. The van der Waals surface area contributed by atoms with Crippen molar-refractivity contribution in [1.29, 1.82) is 0 Å². The molecule has 0 saturated carbocycles. The average Bonchev–Trinajstić information content (AvgIpc) is 3.02. The summed E-state index contributed by atoms with van der Waals surface area (Å²) in [6.07, 6.45) is 0. The fraction of sp³-hybridized carbons (Fsp3) is 0.121. The van der Waals surface area contributed by atoms with E-state index in [0.29, 0.717) is 5.75 Å². The molecule has 0 aliphatic rings. The van der Waals surface area contributed by atoms with Crippen molar-refractivity contribution in [3.63, 3.8) is 0 Å². The number of anilines is 1. The molecule has 208 valence electrons. The van der Waals surface area contributed by atoms with Crippen molar-refractivity contribution in [1.82, 2.24) is 5.32 Å². The minimum Gasteiger partial charge on any atom is -0.497 e. The van der Waals surface area contributed by atoms with Gasteiger partial charge in [-0.05, 0) is 53.4 Å². The van der Waals surface area contributed by atoms with Crippen molar-refractivity contribution < 1.29 is 22.7 Å². The van der Waals surface area contributed by atoms with E-state index in [0.717, 1.165) is 22.1 Å². The molecule has 5 aromatic rings. The summed E-state index contributed by atoms with van der Waals surface area (Å²) in [6.45, 7) is 0.532. The maximum absolute atomic E-state index is 14.0. The van der Waals surface area contributed by atoms with E-state index in [-0.39, 0.29) is 35.8 Å². The second kappa shape index (κ2) is 12.6. The molecular weight excluding hydrogens is 536 g/mol. The highest BCUT2D eigenvalue weighted by atomic mass is 32.2. The van der Waals surface area contributed by atoms with Crippen LogP contribution in [0.5, 0.6) is 11.5 Å². The highest BCUT2D eigenvalue weighted by Crippen LogP contribution is 2.30. The predicted molar refractivity (Wildman–Crippen MR) is 161 cm³/mol. The zero-order valence-electron chi connectivity index (χ0n) is 22.6. The first kappa shape index (κ1) is 27.7. The zero-order valence-corrected chi connectivity index (χ0v) is 23.4. The van der Waals surface area contributed by atoms with Gasteiger partial charge in [-0.25, -0.2) is 8.42 Å². The smallest absolute Gasteiger partial charge is 0.264 e. The summed E-state index contributed by atoms with van der Waals surface area (Å²) in [5.41, 5.74) is 1.30. The zero-order chi connectivity index (χ0) is 28.7. The van der Waals surface area contributed by atoms with Crippen LogP contribution in [0.25, 0.3) is 10.8 Å². The summed E-state index contributed by atoms with van der Waals surface area (Å²) >= 11 is 0. The lowest BCUT2D eigenvalue weighted by Crippen LogP contribution is -2.34. The van der Waals surface area contributed by atoms with Crippen LogP contribution in [0.3, 0.4) is 0 Å². The highest BCUT2D eigenvalue weighted by molar-refractivity contribution is 7.92. The standard InChI is InChI=1S/C33H30N2O5S/c1-39-27-18-20-28(21-19-27)41(37,38)35(24-25-10-3-2-4-11-25)31-16-8-7-15-30(31)33(36)34-22-23-40-32-17-9-13-26-12-5-6-14-29(26)32/h2-21H,22-24H2,1H3,(H,34,36). The third-order valence-corrected chi connectivity index (χ3v) is 8.40. The number of fused-ring (bicyclic) bond motifs is 1. The van der Waals surface area contributed by atoms with Crippen molar-refractivity contribution in [3.05, 3.63) is 132 Å². The molecule has 1 amide bonds. The third-order valence-electron chi connectivity index (χ3n) is 6.63. The topological polar surface area (TPSA) is 84.9 Å². The Labute approximate surface area is 240 Å². The third kappa shape index (κ3) is 6.34. The van der Waals surface area contributed by atoms with Crippen LogP contribution >= 0.6 is 0 Å². The van der Waals surface area contributed by atoms with E-state index in [1.54, 1.807) is 36.4 Å². The first-order valence-corrected chi connectivity index (χ1v) is 14.6. The van der Waals surface area contributed by atoms with Gasteiger partial charge >= 0.3 is 0 Å². The van der Waals surface area contributed by atoms with E-state index in [9.17, 15) is 13.2 Å². The van der Waals surface area contributed by atoms with Gasteiger partial charge in [0.2, 0.25) is 0 Å². The average molecular weight is 567 g/mol. The van der Waals surface area contributed by atoms with Gasteiger partial charge in [-0.3, -0.25) is 9.10 Å². The summed E-state index contributed by atoms with van der Waals surface area (Å²) in [5, 5.41) is 4.94. The van der Waals surface area contributed by atoms with E-state index < -0.39 is 15.9 Å². The number of hydrogen-bond acceptors (Lipinski definition) is 5. The Hall–Kier alpha value is -4.82. The molecule has 0 heterocycles. The molecule has 0 saturated heterocycles. The fourth-order valence-electron chi connectivity index (χ4n) is 4.55. The first-order chi connectivity index (χ1) is 20.0. The van der Waals surface area contributed by atoms with Gasteiger partial charge in [-0.1, -0.05) is 78.9 Å². The predicted octanol–water partition coefficient (Wildman–Crippen LogP) is 6.05. The van der Waals surface area contributed by atoms with Gasteiger partial charge in [-0.2, -0.15) is 0 Å². The molecule has 0 aromatic heterocycles. The number of nitrogens with one attached hydrogen (secondary N) is 1. The van der Waals surface area contributed by atoms with E-state index in [4.69, 9.17) is 9.47 Å². The Bertz CT molecular complexity index is 1730. The summed E-state index contributed by atoms with van der Waals surface area (Å²) < 4.78 is 40.4. The van der Waals surface area contributed by atoms with E-state index >= 15 is 0 Å². The molecule has 0 atom stereocenters. The van der Waals surface area contributed by atoms with E-state index in [2.05, 4.69) is 5.32 Å². The van der Waals surface area contributed by atoms with Crippen molar-refractivity contribution in [2.75, 3.05) is 24.6 Å². The molecule has 0 spiro atoms. The lowest BCUT2D eigenvalue weighted by Gasteiger charge is -2.26. The van der Waals surface area contributed by atoms with Crippen LogP contribution in [0.1, 0.15) is 15.9 Å². The highest BCUT2D eigenvalue weighted by Gasteiger charge is 2.28. The van der Waals surface area contributed by atoms with Crippen LogP contribution < -0.4 is 19.1 Å². The lowest BCUT2D eigenvalue weighted by molar-refractivity contribution is 0.0947. The number of sulfonamides is 1. The summed E-state index contributed by atoms with van der Waals surface area (Å²) in [7, 11) is -2.52. The lowest BCUT2D eigenvalue weighted by atomic mass is 10.1. The summed E-state index contributed by atoms with van der Waals surface area (Å²) in [5.74, 6) is 0.881. The Morgan fingerprint density at radius 2 is 1.46 bits per heavy atom. The quantitative estimate of drug-likeness (QED) is 0.197. The molecule has 8 heteroatoms. The number of amides is 1. The largest absolute Gasteiger partial charge is 0.497 e. The molecule has 7 nitrogen and oxygen atoms in total. The Balaban J connectivity index is 1.38. The van der Waals surface area contributed by atoms with Crippen LogP contribution in [0.4, 0.5) is 5.69 Å². The van der Waals surface area contributed by atoms with Gasteiger partial charge in [0.1, 0.15) is 18.1 Å². The molecule has 1 N–H and O–H groups in total. The van der Waals surface area contributed by atoms with E-state index in [1.807, 2.05) is 72.8 Å². The van der Waals surface area contributed by atoms with Gasteiger partial charge in [0.25, 0.3) is 15.9 Å². The summed E-state index contributed by atoms with van der Waals surface area (Å²) in [4.78, 5) is 13.5. The maximum Gasteiger partial charge on any atom is 0.264 e. The first-order valence-electron chi connectivity index (χ1n) is 13.2. The second-order valence-corrected chi connectivity index (χ2v) is 11.1. The number of benzene rings is 5. The number of carbonyl (C=O) groups excluding carboxylic acids is 1. The number of nitrogens with zero attached hydrogens (tertiary/aromatic N) is 1. The van der Waals surface area contributed by atoms with Crippen LogP contribution in [0, 0.1) is 0 Å². The Morgan fingerprint density at radius 1 is 0.780 bits per heavy atom. The molecule has 0 aliphatic carbocycles. The molecule has 0 fully saturated rings. The molecule has 0 bridgehead atoms. The maximum atomic E-state index is 14.0. The Kier molecular flexibility index (Phi) is 8.50. The molecular formula is C33H30N2O5S. The molecule has 0 unspecified atom stereocenters. The molecule has 5 aromatic carbocycles. The molecule has 0 radical (unpaired) electrons. The molecule has 0 aliphatic heterocycles. The molecule has 5 rings (SSSR count). The van der Waals surface area contributed by atoms with Crippen LogP contribution in [0.15, 0.2) is 126 Å². The minimum absolute atomic E-state index is 0.0453. The van der Waals surface area contributed by atoms with Gasteiger partial charge in [0, 0.05) is 5.39 Å². The van der Waals surface area contributed by atoms with Crippen molar-refractivity contribution >= 4 is 32.4 Å². The van der Waals surface area contributed by atoms with Crippen molar-refractivity contribution in [2.24, 2.45) is 0 Å². The number of methoxy groups -OCH3 is 1. The van der Waals surface area contributed by atoms with Gasteiger partial charge in [-0.15, -0.1) is 0 Å². The van der Waals surface area contributed by atoms with Crippen LogP contribution in [-0.2, 0) is 16.6 Å². The van der Waals surface area contributed by atoms with Crippen molar-refractivity contribution in [2.45, 2.75) is 11.4 Å². The number of para-hydroxylation sites is 1. The monoisotopic (exact) mass is 566 g/mol. The van der Waals surface area contributed by atoms with Gasteiger partial charge in [0.05, 0.1) is 36.3 Å². The molecule has 41 heavy (non-hydrogen) atoms. The van der Waals surface area contributed by atoms with Crippen molar-refractivity contribution in [3.8, 4) is 11.5 Å². The number of carbonyl (C=O) groups is 1. The van der Waals surface area contributed by atoms with Gasteiger partial charge in [0.15, 0.2) is 0 Å². The summed E-state index contributed by atoms with van der Waals surface area (Å²) in [6, 6.07) is 35.9. The van der Waals surface area contributed by atoms with Gasteiger partial charge < -0.3 is 14.8 Å². The van der Waals surface area contributed by atoms with Crippen LogP contribution in [-0.4, -0.2) is 34.6 Å². The van der Waals surface area contributed by atoms with Crippen LogP contribution in [0.2, 0.25) is 0 Å². The fourth-order valence-corrected chi connectivity index (χ4v) is 6.02. The number of hydrogen-bond donors (Lipinski definition) is 1. The Morgan fingerprint density at radius 3 is 2.24 bits per heavy atom. The van der Waals surface area contributed by atoms with E-state index in [1.165, 1.54) is 23.5 Å². The minimum atomic E-state index is -4.04.